The summed E-state index contributed by atoms with van der Waals surface area (Å²) < 4.78 is 26.3. The summed E-state index contributed by atoms with van der Waals surface area (Å²) in [5.74, 6) is -0.703. The van der Waals surface area contributed by atoms with Crippen LogP contribution < -0.4 is 5.48 Å². The van der Waals surface area contributed by atoms with Crippen LogP contribution in [0.4, 0.5) is 0 Å². The highest BCUT2D eigenvalue weighted by molar-refractivity contribution is 7.90. The molecular formula is C16H14N4O4S. The number of aromatic nitrogens is 3. The van der Waals surface area contributed by atoms with Gasteiger partial charge in [0.2, 0.25) is 0 Å². The Balaban J connectivity index is 1.85. The number of nitrogens with zero attached hydrogens (tertiary/aromatic N) is 2. The summed E-state index contributed by atoms with van der Waals surface area (Å²) in [7, 11) is -3.74. The summed E-state index contributed by atoms with van der Waals surface area (Å²) >= 11 is 0. The molecule has 1 aromatic carbocycles. The number of carbonyl (C=O) groups is 1. The number of benzene rings is 1. The van der Waals surface area contributed by atoms with Crippen LogP contribution in [0.2, 0.25) is 0 Å². The first-order valence-corrected chi connectivity index (χ1v) is 8.59. The maximum absolute atomic E-state index is 12.6. The number of nitrogens with one attached hydrogen (secondary N) is 2. The topological polar surface area (TPSA) is 117 Å². The average molecular weight is 358 g/mol. The molecule has 3 aromatic rings. The van der Waals surface area contributed by atoms with Gasteiger partial charge in [-0.2, -0.15) is 5.10 Å². The summed E-state index contributed by atoms with van der Waals surface area (Å²) in [6.07, 6.45) is 8.61. The standard InChI is InChI=1S/C16H14N4O4S/c21-16(19-22)6-1-12-7-8-20(11-12)25(23,24)15-4-2-13(3-5-15)14-9-17-18-10-14/h1-11,22H,(H,17,18)(H,19,21). The van der Waals surface area contributed by atoms with Gasteiger partial charge in [0.1, 0.15) is 0 Å². The van der Waals surface area contributed by atoms with Gasteiger partial charge in [-0.05, 0) is 35.4 Å². The van der Waals surface area contributed by atoms with Gasteiger partial charge >= 0.3 is 0 Å². The second kappa shape index (κ2) is 6.75. The predicted octanol–water partition coefficient (Wildman–Crippen LogP) is 1.63. The van der Waals surface area contributed by atoms with Gasteiger partial charge in [-0.15, -0.1) is 0 Å². The first kappa shape index (κ1) is 16.7. The minimum Gasteiger partial charge on any atom is -0.288 e. The molecule has 0 atom stereocenters. The van der Waals surface area contributed by atoms with E-state index in [1.807, 2.05) is 0 Å². The monoisotopic (exact) mass is 358 g/mol. The van der Waals surface area contributed by atoms with Gasteiger partial charge in [0.15, 0.2) is 0 Å². The van der Waals surface area contributed by atoms with E-state index in [2.05, 4.69) is 10.2 Å². The number of aromatic amines is 1. The molecular weight excluding hydrogens is 344 g/mol. The van der Waals surface area contributed by atoms with Gasteiger partial charge in [0.25, 0.3) is 15.9 Å². The molecule has 3 N–H and O–H groups in total. The van der Waals surface area contributed by atoms with Gasteiger partial charge in [0, 0.05) is 30.2 Å². The maximum Gasteiger partial charge on any atom is 0.267 e. The first-order chi connectivity index (χ1) is 12.0. The van der Waals surface area contributed by atoms with E-state index in [0.717, 1.165) is 21.2 Å². The molecule has 0 aliphatic carbocycles. The van der Waals surface area contributed by atoms with Crippen LogP contribution in [-0.4, -0.2) is 33.7 Å². The molecule has 0 unspecified atom stereocenters. The van der Waals surface area contributed by atoms with E-state index >= 15 is 0 Å². The smallest absolute Gasteiger partial charge is 0.267 e. The summed E-state index contributed by atoms with van der Waals surface area (Å²) in [5, 5.41) is 15.0. The van der Waals surface area contributed by atoms with E-state index in [4.69, 9.17) is 5.21 Å². The number of H-pyrrole nitrogens is 1. The van der Waals surface area contributed by atoms with Crippen molar-refractivity contribution in [2.45, 2.75) is 4.90 Å². The zero-order valence-corrected chi connectivity index (χ0v) is 13.6. The third kappa shape index (κ3) is 3.52. The van der Waals surface area contributed by atoms with Crippen molar-refractivity contribution in [3.05, 3.63) is 66.8 Å². The van der Waals surface area contributed by atoms with Crippen LogP contribution in [0.1, 0.15) is 5.56 Å². The maximum atomic E-state index is 12.6. The normalized spacial score (nSPS) is 11.7. The molecule has 0 radical (unpaired) electrons. The molecule has 0 bridgehead atoms. The Morgan fingerprint density at radius 1 is 1.20 bits per heavy atom. The highest BCUT2D eigenvalue weighted by Crippen LogP contribution is 2.22. The molecule has 0 aliphatic heterocycles. The van der Waals surface area contributed by atoms with Gasteiger partial charge in [-0.3, -0.25) is 15.1 Å². The molecule has 9 heteroatoms. The largest absolute Gasteiger partial charge is 0.288 e. The van der Waals surface area contributed by atoms with Gasteiger partial charge in [-0.1, -0.05) is 12.1 Å². The fourth-order valence-corrected chi connectivity index (χ4v) is 3.40. The minimum absolute atomic E-state index is 0.138. The first-order valence-electron chi connectivity index (χ1n) is 7.15. The number of hydrogen-bond acceptors (Lipinski definition) is 5. The zero-order valence-electron chi connectivity index (χ0n) is 12.8. The van der Waals surface area contributed by atoms with Crippen molar-refractivity contribution in [2.75, 3.05) is 0 Å². The molecule has 0 fully saturated rings. The fraction of sp³-hybridized carbons (Fsp3) is 0. The van der Waals surface area contributed by atoms with Crippen LogP contribution in [0.3, 0.4) is 0 Å². The third-order valence-corrected chi connectivity index (χ3v) is 5.14. The highest BCUT2D eigenvalue weighted by Gasteiger charge is 2.16. The quantitative estimate of drug-likeness (QED) is 0.364. The van der Waals surface area contributed by atoms with Crippen molar-refractivity contribution in [1.82, 2.24) is 19.6 Å². The Bertz CT molecular complexity index is 1000. The fourth-order valence-electron chi connectivity index (χ4n) is 2.20. The van der Waals surface area contributed by atoms with E-state index < -0.39 is 15.9 Å². The Morgan fingerprint density at radius 2 is 1.96 bits per heavy atom. The lowest BCUT2D eigenvalue weighted by Gasteiger charge is -2.06. The van der Waals surface area contributed by atoms with Crippen molar-refractivity contribution in [3.63, 3.8) is 0 Å². The number of rotatable bonds is 5. The highest BCUT2D eigenvalue weighted by atomic mass is 32.2. The van der Waals surface area contributed by atoms with Crippen LogP contribution >= 0.6 is 0 Å². The molecule has 0 spiro atoms. The van der Waals surface area contributed by atoms with Gasteiger partial charge < -0.3 is 0 Å². The summed E-state index contributed by atoms with van der Waals surface area (Å²) in [6, 6.07) is 7.98. The van der Waals surface area contributed by atoms with E-state index in [-0.39, 0.29) is 4.90 Å². The van der Waals surface area contributed by atoms with E-state index in [1.54, 1.807) is 30.6 Å². The predicted molar refractivity (Wildman–Crippen MR) is 90.0 cm³/mol. The Kier molecular flexibility index (Phi) is 4.50. The summed E-state index contributed by atoms with van der Waals surface area (Å²) in [5.41, 5.74) is 3.67. The van der Waals surface area contributed by atoms with Crippen LogP contribution in [-0.2, 0) is 14.8 Å². The summed E-state index contributed by atoms with van der Waals surface area (Å²) in [4.78, 5) is 11.1. The lowest BCUT2D eigenvalue weighted by Crippen LogP contribution is -2.14. The van der Waals surface area contributed by atoms with Crippen molar-refractivity contribution in [2.24, 2.45) is 0 Å². The summed E-state index contributed by atoms with van der Waals surface area (Å²) in [6.45, 7) is 0. The van der Waals surface area contributed by atoms with Crippen LogP contribution in [0, 0.1) is 0 Å². The lowest BCUT2D eigenvalue weighted by molar-refractivity contribution is -0.124. The zero-order chi connectivity index (χ0) is 17.9. The van der Waals surface area contributed by atoms with Crippen LogP contribution in [0.25, 0.3) is 17.2 Å². The third-order valence-electron chi connectivity index (χ3n) is 3.49. The number of hydrogen-bond donors (Lipinski definition) is 3. The van der Waals surface area contributed by atoms with Crippen molar-refractivity contribution >= 4 is 22.0 Å². The minimum atomic E-state index is -3.74. The van der Waals surface area contributed by atoms with E-state index in [9.17, 15) is 13.2 Å². The molecule has 0 saturated heterocycles. The average Bonchev–Trinajstić information content (AvgIpc) is 3.31. The van der Waals surface area contributed by atoms with Gasteiger partial charge in [0.05, 0.1) is 11.1 Å². The second-order valence-electron chi connectivity index (χ2n) is 5.10. The van der Waals surface area contributed by atoms with E-state index in [0.29, 0.717) is 5.56 Å². The van der Waals surface area contributed by atoms with E-state index in [1.165, 1.54) is 36.1 Å². The molecule has 2 heterocycles. The van der Waals surface area contributed by atoms with Crippen LogP contribution in [0.15, 0.2) is 66.1 Å². The van der Waals surface area contributed by atoms with Crippen molar-refractivity contribution < 1.29 is 18.4 Å². The lowest BCUT2D eigenvalue weighted by atomic mass is 10.1. The SMILES string of the molecule is O=C(C=Cc1ccn(S(=O)(=O)c2ccc(-c3cn[nH]c3)cc2)c1)NO. The molecule has 0 saturated carbocycles. The molecule has 1 amide bonds. The van der Waals surface area contributed by atoms with Crippen molar-refractivity contribution in [3.8, 4) is 11.1 Å². The molecule has 0 aliphatic rings. The van der Waals surface area contributed by atoms with Crippen LogP contribution in [0.5, 0.6) is 0 Å². The molecule has 25 heavy (non-hydrogen) atoms. The van der Waals surface area contributed by atoms with Crippen molar-refractivity contribution in [1.29, 1.82) is 0 Å². The molecule has 2 aromatic heterocycles. The number of hydroxylamine groups is 1. The molecule has 3 rings (SSSR count). The Labute approximate surface area is 143 Å². The van der Waals surface area contributed by atoms with Gasteiger partial charge in [-0.25, -0.2) is 17.9 Å². The second-order valence-corrected chi connectivity index (χ2v) is 6.94. The Morgan fingerprint density at radius 3 is 2.60 bits per heavy atom. The number of amides is 1. The molecule has 8 nitrogen and oxygen atoms in total. The Hall–Kier alpha value is -3.17. The molecule has 128 valence electrons. The number of carbonyl (C=O) groups excluding carboxylic acids is 1.